The van der Waals surface area contributed by atoms with E-state index in [1.807, 2.05) is 32.0 Å². The molecule has 9 heteroatoms. The van der Waals surface area contributed by atoms with Crippen LogP contribution in [-0.2, 0) is 16.4 Å². The molecule has 1 atom stereocenters. The number of piperazine rings is 1. The molecule has 0 aliphatic carbocycles. The van der Waals surface area contributed by atoms with Crippen molar-refractivity contribution in [2.75, 3.05) is 36.4 Å². The van der Waals surface area contributed by atoms with E-state index < -0.39 is 10.0 Å². The summed E-state index contributed by atoms with van der Waals surface area (Å²) in [6.07, 6.45) is 1.71. The Morgan fingerprint density at radius 1 is 0.972 bits per heavy atom. The molecule has 1 aliphatic rings. The molecule has 1 heterocycles. The number of nitrogens with zero attached hydrogens (tertiary/aromatic N) is 3. The summed E-state index contributed by atoms with van der Waals surface area (Å²) in [5.41, 5.74) is 3.59. The van der Waals surface area contributed by atoms with Gasteiger partial charge >= 0.3 is 0 Å². The van der Waals surface area contributed by atoms with Gasteiger partial charge < -0.3 is 10.2 Å². The van der Waals surface area contributed by atoms with Gasteiger partial charge in [0.25, 0.3) is 5.69 Å². The SMILES string of the molecule is Cc1ccc(S(=O)(=O)N2CCN(c3ccc([N+](=O)[O-])c(N[C@H](C)CCc4ccccc4)c3)CC2)cc1. The second-order valence-electron chi connectivity index (χ2n) is 9.23. The van der Waals surface area contributed by atoms with Crippen molar-refractivity contribution >= 4 is 27.1 Å². The number of nitro groups is 1. The van der Waals surface area contributed by atoms with Crippen molar-refractivity contribution in [2.24, 2.45) is 0 Å². The fourth-order valence-electron chi connectivity index (χ4n) is 4.41. The molecular formula is C27H32N4O4S. The van der Waals surface area contributed by atoms with Crippen LogP contribution < -0.4 is 10.2 Å². The lowest BCUT2D eigenvalue weighted by atomic mass is 10.1. The maximum absolute atomic E-state index is 13.0. The molecule has 3 aromatic rings. The summed E-state index contributed by atoms with van der Waals surface area (Å²) < 4.78 is 27.6. The van der Waals surface area contributed by atoms with Crippen LogP contribution in [0.5, 0.6) is 0 Å². The zero-order valence-electron chi connectivity index (χ0n) is 20.6. The molecule has 0 unspecified atom stereocenters. The van der Waals surface area contributed by atoms with Crippen LogP contribution in [0.3, 0.4) is 0 Å². The normalized spacial score (nSPS) is 15.4. The van der Waals surface area contributed by atoms with Gasteiger partial charge in [0.05, 0.1) is 9.82 Å². The van der Waals surface area contributed by atoms with Crippen molar-refractivity contribution in [3.63, 3.8) is 0 Å². The summed E-state index contributed by atoms with van der Waals surface area (Å²) in [4.78, 5) is 13.7. The number of hydrogen-bond acceptors (Lipinski definition) is 6. The van der Waals surface area contributed by atoms with E-state index in [9.17, 15) is 18.5 Å². The van der Waals surface area contributed by atoms with E-state index in [0.29, 0.717) is 36.8 Å². The summed E-state index contributed by atoms with van der Waals surface area (Å²) in [5.74, 6) is 0. The lowest BCUT2D eigenvalue weighted by Gasteiger charge is -2.35. The zero-order valence-corrected chi connectivity index (χ0v) is 21.4. The quantitative estimate of drug-likeness (QED) is 0.328. The third-order valence-electron chi connectivity index (χ3n) is 6.55. The second kappa shape index (κ2) is 11.1. The topological polar surface area (TPSA) is 95.8 Å². The van der Waals surface area contributed by atoms with Crippen LogP contribution in [0.15, 0.2) is 77.7 Å². The molecule has 8 nitrogen and oxygen atoms in total. The molecule has 4 rings (SSSR count). The second-order valence-corrected chi connectivity index (χ2v) is 11.2. The third-order valence-corrected chi connectivity index (χ3v) is 8.46. The van der Waals surface area contributed by atoms with Crippen LogP contribution in [0.1, 0.15) is 24.5 Å². The van der Waals surface area contributed by atoms with Crippen molar-refractivity contribution < 1.29 is 13.3 Å². The standard InChI is InChI=1S/C27H32N4O4S/c1-21-8-13-25(14-9-21)36(34,35)30-18-16-29(17-19-30)24-12-15-27(31(32)33)26(20-24)28-22(2)10-11-23-6-4-3-5-7-23/h3-9,12-15,20,22,28H,10-11,16-19H2,1-2H3/t22-/m1/s1. The maximum Gasteiger partial charge on any atom is 0.292 e. The summed E-state index contributed by atoms with van der Waals surface area (Å²) in [7, 11) is -3.55. The van der Waals surface area contributed by atoms with Gasteiger partial charge in [-0.05, 0) is 56.5 Å². The number of nitro benzene ring substituents is 1. The van der Waals surface area contributed by atoms with E-state index >= 15 is 0 Å². The molecule has 0 aromatic heterocycles. The molecule has 0 amide bonds. The van der Waals surface area contributed by atoms with E-state index in [2.05, 4.69) is 22.3 Å². The van der Waals surface area contributed by atoms with E-state index in [4.69, 9.17) is 0 Å². The minimum atomic E-state index is -3.55. The van der Waals surface area contributed by atoms with Gasteiger partial charge in [-0.2, -0.15) is 4.31 Å². The van der Waals surface area contributed by atoms with Crippen molar-refractivity contribution in [3.05, 3.63) is 94.0 Å². The Balaban J connectivity index is 1.43. The first-order valence-electron chi connectivity index (χ1n) is 12.1. The zero-order chi connectivity index (χ0) is 25.7. The number of benzene rings is 3. The summed E-state index contributed by atoms with van der Waals surface area (Å²) >= 11 is 0. The molecule has 0 spiro atoms. The van der Waals surface area contributed by atoms with E-state index in [0.717, 1.165) is 24.1 Å². The Kier molecular flexibility index (Phi) is 7.91. The van der Waals surface area contributed by atoms with E-state index in [-0.39, 0.29) is 16.7 Å². The highest BCUT2D eigenvalue weighted by Gasteiger charge is 2.29. The smallest absolute Gasteiger partial charge is 0.292 e. The predicted octanol–water partition coefficient (Wildman–Crippen LogP) is 4.85. The molecule has 1 saturated heterocycles. The van der Waals surface area contributed by atoms with Crippen LogP contribution in [-0.4, -0.2) is 49.9 Å². The first kappa shape index (κ1) is 25.7. The Morgan fingerprint density at radius 3 is 2.28 bits per heavy atom. The molecule has 3 aromatic carbocycles. The van der Waals surface area contributed by atoms with Crippen LogP contribution >= 0.6 is 0 Å². The molecule has 0 radical (unpaired) electrons. The van der Waals surface area contributed by atoms with Crippen LogP contribution in [0.25, 0.3) is 0 Å². The Bertz CT molecular complexity index is 1290. The number of nitrogens with one attached hydrogen (secondary N) is 1. The summed E-state index contributed by atoms with van der Waals surface area (Å²) in [6.45, 7) is 5.66. The van der Waals surface area contributed by atoms with E-state index in [1.54, 1.807) is 36.4 Å². The highest BCUT2D eigenvalue weighted by atomic mass is 32.2. The number of hydrogen-bond donors (Lipinski definition) is 1. The number of rotatable bonds is 9. The Morgan fingerprint density at radius 2 is 1.64 bits per heavy atom. The summed E-state index contributed by atoms with van der Waals surface area (Å²) in [6, 6.07) is 22.2. The number of aryl methyl sites for hydroxylation is 2. The van der Waals surface area contributed by atoms with Crippen molar-refractivity contribution in [3.8, 4) is 0 Å². The minimum absolute atomic E-state index is 0.0332. The molecule has 190 valence electrons. The highest BCUT2D eigenvalue weighted by molar-refractivity contribution is 7.89. The minimum Gasteiger partial charge on any atom is -0.377 e. The van der Waals surface area contributed by atoms with E-state index in [1.165, 1.54) is 15.9 Å². The van der Waals surface area contributed by atoms with Crippen molar-refractivity contribution in [1.29, 1.82) is 0 Å². The molecular weight excluding hydrogens is 476 g/mol. The van der Waals surface area contributed by atoms with Gasteiger partial charge in [0.2, 0.25) is 10.0 Å². The number of sulfonamides is 1. The van der Waals surface area contributed by atoms with Gasteiger partial charge in [-0.15, -0.1) is 0 Å². The maximum atomic E-state index is 13.0. The van der Waals surface area contributed by atoms with Crippen molar-refractivity contribution in [2.45, 2.75) is 37.6 Å². The molecule has 1 fully saturated rings. The highest BCUT2D eigenvalue weighted by Crippen LogP contribution is 2.31. The van der Waals surface area contributed by atoms with Gasteiger partial charge in [0, 0.05) is 44.0 Å². The van der Waals surface area contributed by atoms with Crippen LogP contribution in [0.2, 0.25) is 0 Å². The average Bonchev–Trinajstić information content (AvgIpc) is 2.88. The third kappa shape index (κ3) is 6.03. The molecule has 1 aliphatic heterocycles. The summed E-state index contributed by atoms with van der Waals surface area (Å²) in [5, 5.41) is 15.0. The lowest BCUT2D eigenvalue weighted by molar-refractivity contribution is -0.384. The lowest BCUT2D eigenvalue weighted by Crippen LogP contribution is -2.48. The molecule has 0 bridgehead atoms. The van der Waals surface area contributed by atoms with Crippen LogP contribution in [0, 0.1) is 17.0 Å². The largest absolute Gasteiger partial charge is 0.377 e. The van der Waals surface area contributed by atoms with Gasteiger partial charge in [0.1, 0.15) is 5.69 Å². The van der Waals surface area contributed by atoms with Gasteiger partial charge in [-0.25, -0.2) is 8.42 Å². The predicted molar refractivity (Wildman–Crippen MR) is 143 cm³/mol. The fraction of sp³-hybridized carbons (Fsp3) is 0.333. The van der Waals surface area contributed by atoms with Gasteiger partial charge in [0.15, 0.2) is 0 Å². The Labute approximate surface area is 212 Å². The monoisotopic (exact) mass is 508 g/mol. The molecule has 36 heavy (non-hydrogen) atoms. The van der Waals surface area contributed by atoms with Gasteiger partial charge in [-0.1, -0.05) is 48.0 Å². The molecule has 0 saturated carbocycles. The van der Waals surface area contributed by atoms with Gasteiger partial charge in [-0.3, -0.25) is 10.1 Å². The first-order chi connectivity index (χ1) is 17.2. The van der Waals surface area contributed by atoms with Crippen LogP contribution in [0.4, 0.5) is 17.1 Å². The number of anilines is 2. The fourth-order valence-corrected chi connectivity index (χ4v) is 5.83. The first-order valence-corrected chi connectivity index (χ1v) is 13.6. The van der Waals surface area contributed by atoms with Crippen molar-refractivity contribution in [1.82, 2.24) is 4.31 Å². The Hall–Kier alpha value is -3.43. The average molecular weight is 509 g/mol. The molecule has 1 N–H and O–H groups in total.